The van der Waals surface area contributed by atoms with Gasteiger partial charge in [-0.15, -0.1) is 0 Å². The molecule has 0 aliphatic rings. The molecule has 1 heterocycles. The van der Waals surface area contributed by atoms with E-state index in [0.717, 1.165) is 12.1 Å². The molecule has 0 saturated heterocycles. The maximum Gasteiger partial charge on any atom is 0.419 e. The summed E-state index contributed by atoms with van der Waals surface area (Å²) < 4.78 is 52.3. The Morgan fingerprint density at radius 1 is 1.16 bits per heavy atom. The van der Waals surface area contributed by atoms with Gasteiger partial charge in [-0.2, -0.15) is 13.2 Å². The van der Waals surface area contributed by atoms with E-state index in [2.05, 4.69) is 15.6 Å². The zero-order valence-electron chi connectivity index (χ0n) is 12.9. The smallest absolute Gasteiger partial charge is 0.326 e. The molecule has 25 heavy (non-hydrogen) atoms. The van der Waals surface area contributed by atoms with Crippen molar-refractivity contribution in [1.82, 2.24) is 4.98 Å². The van der Waals surface area contributed by atoms with Crippen molar-refractivity contribution in [3.8, 4) is 0 Å². The first-order chi connectivity index (χ1) is 11.7. The van der Waals surface area contributed by atoms with Crippen LogP contribution < -0.4 is 10.6 Å². The van der Waals surface area contributed by atoms with Gasteiger partial charge in [0, 0.05) is 24.9 Å². The number of anilines is 2. The van der Waals surface area contributed by atoms with E-state index in [4.69, 9.17) is 0 Å². The second kappa shape index (κ2) is 7.29. The molecule has 0 saturated carbocycles. The van der Waals surface area contributed by atoms with Crippen LogP contribution in [0.2, 0.25) is 0 Å². The quantitative estimate of drug-likeness (QED) is 0.826. The number of nitrogens with one attached hydrogen (secondary N) is 2. The van der Waals surface area contributed by atoms with Gasteiger partial charge in [0.2, 0.25) is 11.8 Å². The van der Waals surface area contributed by atoms with Gasteiger partial charge in [-0.3, -0.25) is 9.59 Å². The molecule has 2 amide bonds. The van der Waals surface area contributed by atoms with E-state index in [0.29, 0.717) is 6.07 Å². The number of pyridine rings is 1. The van der Waals surface area contributed by atoms with Gasteiger partial charge in [-0.05, 0) is 17.7 Å². The first kappa shape index (κ1) is 18.4. The highest BCUT2D eigenvalue weighted by atomic mass is 19.4. The van der Waals surface area contributed by atoms with E-state index in [1.165, 1.54) is 25.3 Å². The SMILES string of the molecule is CC(=O)Nc1cc(NC(=O)Cc2cccc(F)c2C(F)(F)F)ccn1. The predicted molar refractivity (Wildman–Crippen MR) is 82.3 cm³/mol. The van der Waals surface area contributed by atoms with Crippen molar-refractivity contribution >= 4 is 23.3 Å². The molecule has 1 aromatic heterocycles. The number of amides is 2. The summed E-state index contributed by atoms with van der Waals surface area (Å²) in [6, 6.07) is 5.58. The molecule has 0 spiro atoms. The van der Waals surface area contributed by atoms with Crippen LogP contribution in [-0.2, 0) is 22.2 Å². The number of benzene rings is 1. The Bertz CT molecular complexity index is 806. The zero-order valence-corrected chi connectivity index (χ0v) is 12.9. The molecule has 0 aliphatic heterocycles. The van der Waals surface area contributed by atoms with Gasteiger partial charge in [0.25, 0.3) is 0 Å². The summed E-state index contributed by atoms with van der Waals surface area (Å²) in [5.74, 6) is -2.40. The number of nitrogens with zero attached hydrogens (tertiary/aromatic N) is 1. The van der Waals surface area contributed by atoms with E-state index >= 15 is 0 Å². The van der Waals surface area contributed by atoms with Gasteiger partial charge in [-0.25, -0.2) is 9.37 Å². The molecular formula is C16H13F4N3O2. The Morgan fingerprint density at radius 2 is 1.88 bits per heavy atom. The first-order valence-corrected chi connectivity index (χ1v) is 7.05. The van der Waals surface area contributed by atoms with Crippen molar-refractivity contribution in [1.29, 1.82) is 0 Å². The molecule has 132 valence electrons. The molecule has 0 atom stereocenters. The Balaban J connectivity index is 2.17. The predicted octanol–water partition coefficient (Wildman–Crippen LogP) is 3.38. The van der Waals surface area contributed by atoms with Gasteiger partial charge in [0.15, 0.2) is 0 Å². The molecule has 0 aliphatic carbocycles. The number of aromatic nitrogens is 1. The lowest BCUT2D eigenvalue weighted by Gasteiger charge is -2.13. The van der Waals surface area contributed by atoms with Crippen LogP contribution in [0, 0.1) is 5.82 Å². The second-order valence-corrected chi connectivity index (χ2v) is 5.11. The van der Waals surface area contributed by atoms with E-state index in [-0.39, 0.29) is 17.4 Å². The number of carbonyl (C=O) groups excluding carboxylic acids is 2. The molecule has 0 bridgehead atoms. The fourth-order valence-electron chi connectivity index (χ4n) is 2.17. The van der Waals surface area contributed by atoms with E-state index < -0.39 is 35.4 Å². The summed E-state index contributed by atoms with van der Waals surface area (Å²) >= 11 is 0. The minimum absolute atomic E-state index is 0.173. The maximum atomic E-state index is 13.5. The Kier molecular flexibility index (Phi) is 5.35. The largest absolute Gasteiger partial charge is 0.419 e. The summed E-state index contributed by atoms with van der Waals surface area (Å²) in [7, 11) is 0. The van der Waals surface area contributed by atoms with E-state index in [1.807, 2.05) is 0 Å². The fourth-order valence-corrected chi connectivity index (χ4v) is 2.17. The Hall–Kier alpha value is -2.97. The van der Waals surface area contributed by atoms with Crippen LogP contribution in [0.1, 0.15) is 18.1 Å². The summed E-state index contributed by atoms with van der Waals surface area (Å²) in [6.07, 6.45) is -4.26. The number of carbonyl (C=O) groups is 2. The summed E-state index contributed by atoms with van der Waals surface area (Å²) in [6.45, 7) is 1.27. The topological polar surface area (TPSA) is 71.1 Å². The van der Waals surface area contributed by atoms with Gasteiger partial charge in [0.1, 0.15) is 11.6 Å². The van der Waals surface area contributed by atoms with Crippen LogP contribution in [0.5, 0.6) is 0 Å². The zero-order chi connectivity index (χ0) is 18.6. The highest BCUT2D eigenvalue weighted by Gasteiger charge is 2.36. The second-order valence-electron chi connectivity index (χ2n) is 5.11. The number of hydrogen-bond acceptors (Lipinski definition) is 3. The molecule has 0 unspecified atom stereocenters. The molecule has 1 aromatic carbocycles. The number of halogens is 4. The summed E-state index contributed by atoms with van der Waals surface area (Å²) in [4.78, 5) is 26.8. The Morgan fingerprint density at radius 3 is 2.52 bits per heavy atom. The minimum atomic E-state index is -4.91. The van der Waals surface area contributed by atoms with Gasteiger partial charge in [-0.1, -0.05) is 12.1 Å². The highest BCUT2D eigenvalue weighted by Crippen LogP contribution is 2.34. The van der Waals surface area contributed by atoms with Crippen molar-refractivity contribution in [3.63, 3.8) is 0 Å². The summed E-state index contributed by atoms with van der Waals surface area (Å²) in [5.41, 5.74) is -1.70. The van der Waals surface area contributed by atoms with E-state index in [9.17, 15) is 27.2 Å². The van der Waals surface area contributed by atoms with Crippen LogP contribution in [0.15, 0.2) is 36.5 Å². The molecule has 9 heteroatoms. The normalized spacial score (nSPS) is 11.1. The average molecular weight is 355 g/mol. The molecular weight excluding hydrogens is 342 g/mol. The molecule has 2 aromatic rings. The van der Waals surface area contributed by atoms with E-state index in [1.54, 1.807) is 0 Å². The maximum absolute atomic E-state index is 13.5. The number of rotatable bonds is 4. The average Bonchev–Trinajstić information content (AvgIpc) is 2.45. The lowest BCUT2D eigenvalue weighted by atomic mass is 10.0. The Labute approximate surface area is 140 Å². The van der Waals surface area contributed by atoms with Gasteiger partial charge < -0.3 is 10.6 Å². The van der Waals surface area contributed by atoms with Crippen molar-refractivity contribution in [2.75, 3.05) is 10.6 Å². The minimum Gasteiger partial charge on any atom is -0.326 e. The number of hydrogen-bond donors (Lipinski definition) is 2. The fraction of sp³-hybridized carbons (Fsp3) is 0.188. The van der Waals surface area contributed by atoms with Crippen LogP contribution >= 0.6 is 0 Å². The molecule has 2 N–H and O–H groups in total. The van der Waals surface area contributed by atoms with Crippen molar-refractivity contribution in [2.45, 2.75) is 19.5 Å². The third kappa shape index (κ3) is 5.00. The first-order valence-electron chi connectivity index (χ1n) is 7.05. The van der Waals surface area contributed by atoms with Crippen LogP contribution in [0.4, 0.5) is 29.1 Å². The monoisotopic (exact) mass is 355 g/mol. The van der Waals surface area contributed by atoms with Gasteiger partial charge >= 0.3 is 6.18 Å². The van der Waals surface area contributed by atoms with Crippen molar-refractivity contribution < 1.29 is 27.2 Å². The molecule has 0 fully saturated rings. The van der Waals surface area contributed by atoms with Crippen LogP contribution in [0.3, 0.4) is 0 Å². The lowest BCUT2D eigenvalue weighted by Crippen LogP contribution is -2.19. The standard InChI is InChI=1S/C16H13F4N3O2/c1-9(24)22-13-8-11(5-6-21-13)23-14(25)7-10-3-2-4-12(17)15(10)16(18,19)20/h2-6,8H,7H2,1H3,(H2,21,22,23,24,25). The third-order valence-electron chi connectivity index (χ3n) is 3.08. The van der Waals surface area contributed by atoms with Crippen LogP contribution in [0.25, 0.3) is 0 Å². The van der Waals surface area contributed by atoms with Crippen molar-refractivity contribution in [3.05, 3.63) is 53.5 Å². The molecule has 2 rings (SSSR count). The van der Waals surface area contributed by atoms with Gasteiger partial charge in [0.05, 0.1) is 12.0 Å². The molecule has 5 nitrogen and oxygen atoms in total. The molecule has 0 radical (unpaired) electrons. The number of alkyl halides is 3. The van der Waals surface area contributed by atoms with Crippen molar-refractivity contribution in [2.24, 2.45) is 0 Å². The highest BCUT2D eigenvalue weighted by molar-refractivity contribution is 5.93. The summed E-state index contributed by atoms with van der Waals surface area (Å²) in [5, 5.41) is 4.79. The third-order valence-corrected chi connectivity index (χ3v) is 3.08. The van der Waals surface area contributed by atoms with Crippen LogP contribution in [-0.4, -0.2) is 16.8 Å². The lowest BCUT2D eigenvalue weighted by molar-refractivity contribution is -0.140.